The van der Waals surface area contributed by atoms with Crippen LogP contribution in [0.1, 0.15) is 0 Å². The van der Waals surface area contributed by atoms with Crippen molar-refractivity contribution < 1.29 is 14.2 Å². The van der Waals surface area contributed by atoms with Crippen LogP contribution >= 0.6 is 0 Å². The Kier molecular flexibility index (Phi) is 4.63. The van der Waals surface area contributed by atoms with E-state index >= 15 is 0 Å². The van der Waals surface area contributed by atoms with Crippen LogP contribution in [0.25, 0.3) is 0 Å². The number of likely N-dealkylation sites (N-methyl/N-ethyl adjacent to an activating group) is 2. The summed E-state index contributed by atoms with van der Waals surface area (Å²) in [5.41, 5.74) is 0. The SMILES string of the molecule is CN(C)C1COCC(N(C)C)Oc2cccc(c2)O1. The number of benzene rings is 1. The second-order valence-electron chi connectivity index (χ2n) is 5.08. The molecule has 5 heteroatoms. The maximum Gasteiger partial charge on any atom is 0.175 e. The van der Waals surface area contributed by atoms with Gasteiger partial charge in [-0.2, -0.15) is 0 Å². The second kappa shape index (κ2) is 6.23. The Hall–Kier alpha value is -1.30. The number of rotatable bonds is 2. The standard InChI is InChI=1S/C14H22N2O3/c1-15(2)13-9-17-10-14(16(3)4)19-12-7-5-6-11(8-12)18-13/h5-8,13-14H,9-10H2,1-4H3. The van der Waals surface area contributed by atoms with Gasteiger partial charge in [0, 0.05) is 6.07 Å². The van der Waals surface area contributed by atoms with E-state index in [1.165, 1.54) is 0 Å². The van der Waals surface area contributed by atoms with Gasteiger partial charge in [-0.1, -0.05) is 6.07 Å². The van der Waals surface area contributed by atoms with Gasteiger partial charge in [-0.05, 0) is 40.3 Å². The first-order valence-electron chi connectivity index (χ1n) is 6.40. The fraction of sp³-hybridized carbons (Fsp3) is 0.571. The topological polar surface area (TPSA) is 34.2 Å². The Bertz CT molecular complexity index is 376. The molecule has 0 amide bonds. The molecular formula is C14H22N2O3. The first-order valence-corrected chi connectivity index (χ1v) is 6.40. The number of hydrogen-bond acceptors (Lipinski definition) is 5. The van der Waals surface area contributed by atoms with Gasteiger partial charge in [0.1, 0.15) is 11.5 Å². The zero-order valence-electron chi connectivity index (χ0n) is 12.0. The van der Waals surface area contributed by atoms with Gasteiger partial charge < -0.3 is 14.2 Å². The molecule has 106 valence electrons. The molecule has 1 aromatic carbocycles. The summed E-state index contributed by atoms with van der Waals surface area (Å²) in [5, 5.41) is 0. The smallest absolute Gasteiger partial charge is 0.175 e. The van der Waals surface area contributed by atoms with Gasteiger partial charge in [0.15, 0.2) is 12.5 Å². The molecule has 0 saturated heterocycles. The molecular weight excluding hydrogens is 244 g/mol. The van der Waals surface area contributed by atoms with Crippen LogP contribution < -0.4 is 9.47 Å². The quantitative estimate of drug-likeness (QED) is 0.805. The fourth-order valence-electron chi connectivity index (χ4n) is 1.78. The number of fused-ring (bicyclic) bond motifs is 2. The molecule has 0 N–H and O–H groups in total. The minimum absolute atomic E-state index is 0.101. The highest BCUT2D eigenvalue weighted by molar-refractivity contribution is 5.33. The molecule has 2 rings (SSSR count). The molecule has 1 aliphatic rings. The molecule has 0 fully saturated rings. The van der Waals surface area contributed by atoms with Crippen LogP contribution in [0.2, 0.25) is 0 Å². The first kappa shape index (κ1) is 14.1. The molecule has 2 bridgehead atoms. The highest BCUT2D eigenvalue weighted by atomic mass is 16.6. The molecule has 2 atom stereocenters. The van der Waals surface area contributed by atoms with E-state index in [-0.39, 0.29) is 12.5 Å². The van der Waals surface area contributed by atoms with E-state index in [0.29, 0.717) is 13.2 Å². The average Bonchev–Trinajstić information content (AvgIpc) is 2.36. The monoisotopic (exact) mass is 266 g/mol. The van der Waals surface area contributed by atoms with Gasteiger partial charge >= 0.3 is 0 Å². The zero-order chi connectivity index (χ0) is 13.8. The van der Waals surface area contributed by atoms with Crippen LogP contribution in [0.5, 0.6) is 11.5 Å². The van der Waals surface area contributed by atoms with Crippen LogP contribution in [0.3, 0.4) is 0 Å². The van der Waals surface area contributed by atoms with Crippen molar-refractivity contribution in [1.82, 2.24) is 9.80 Å². The van der Waals surface area contributed by atoms with E-state index in [1.54, 1.807) is 0 Å². The van der Waals surface area contributed by atoms with E-state index in [0.717, 1.165) is 11.5 Å². The Balaban J connectivity index is 2.22. The highest BCUT2D eigenvalue weighted by Crippen LogP contribution is 2.23. The fourth-order valence-corrected chi connectivity index (χ4v) is 1.78. The van der Waals surface area contributed by atoms with Crippen molar-refractivity contribution in [3.8, 4) is 11.5 Å². The maximum absolute atomic E-state index is 5.90. The van der Waals surface area contributed by atoms with Gasteiger partial charge in [0.05, 0.1) is 13.2 Å². The lowest BCUT2D eigenvalue weighted by Crippen LogP contribution is -2.42. The molecule has 0 aliphatic carbocycles. The molecule has 0 radical (unpaired) electrons. The number of hydrogen-bond donors (Lipinski definition) is 0. The normalized spacial score (nSPS) is 23.9. The minimum Gasteiger partial charge on any atom is -0.473 e. The van der Waals surface area contributed by atoms with Crippen LogP contribution in [-0.2, 0) is 4.74 Å². The van der Waals surface area contributed by atoms with Crippen LogP contribution in [0.15, 0.2) is 24.3 Å². The molecule has 1 aliphatic heterocycles. The molecule has 0 aromatic heterocycles. The highest BCUT2D eigenvalue weighted by Gasteiger charge is 2.20. The van der Waals surface area contributed by atoms with Gasteiger partial charge in [-0.3, -0.25) is 9.80 Å². The number of nitrogens with zero attached hydrogens (tertiary/aromatic N) is 2. The Morgan fingerprint density at radius 1 is 0.895 bits per heavy atom. The third kappa shape index (κ3) is 3.83. The lowest BCUT2D eigenvalue weighted by molar-refractivity contribution is -0.0691. The van der Waals surface area contributed by atoms with Crippen LogP contribution in [0.4, 0.5) is 0 Å². The first-order chi connectivity index (χ1) is 9.06. The predicted molar refractivity (Wildman–Crippen MR) is 73.5 cm³/mol. The Labute approximate surface area is 114 Å². The molecule has 5 nitrogen and oxygen atoms in total. The van der Waals surface area contributed by atoms with Gasteiger partial charge in [-0.15, -0.1) is 0 Å². The van der Waals surface area contributed by atoms with Gasteiger partial charge in [0.2, 0.25) is 0 Å². The van der Waals surface area contributed by atoms with Crippen LogP contribution in [0, 0.1) is 0 Å². The maximum atomic E-state index is 5.90. The van der Waals surface area contributed by atoms with E-state index < -0.39 is 0 Å². The average molecular weight is 266 g/mol. The summed E-state index contributed by atoms with van der Waals surface area (Å²) < 4.78 is 17.5. The minimum atomic E-state index is -0.101. The van der Waals surface area contributed by atoms with Crippen LogP contribution in [-0.4, -0.2) is 63.7 Å². The molecule has 0 saturated carbocycles. The molecule has 2 unspecified atom stereocenters. The van der Waals surface area contributed by atoms with Crippen molar-refractivity contribution in [3.63, 3.8) is 0 Å². The summed E-state index contributed by atoms with van der Waals surface area (Å²) in [5.74, 6) is 1.58. The van der Waals surface area contributed by atoms with Crippen molar-refractivity contribution >= 4 is 0 Å². The third-order valence-electron chi connectivity index (χ3n) is 3.02. The lowest BCUT2D eigenvalue weighted by atomic mass is 10.3. The van der Waals surface area contributed by atoms with Crippen molar-refractivity contribution in [1.29, 1.82) is 0 Å². The molecule has 1 heterocycles. The van der Waals surface area contributed by atoms with Crippen molar-refractivity contribution in [2.75, 3.05) is 41.4 Å². The largest absolute Gasteiger partial charge is 0.473 e. The van der Waals surface area contributed by atoms with E-state index in [2.05, 4.69) is 0 Å². The second-order valence-corrected chi connectivity index (χ2v) is 5.08. The predicted octanol–water partition coefficient (Wildman–Crippen LogP) is 1.25. The molecule has 19 heavy (non-hydrogen) atoms. The Morgan fingerprint density at radius 2 is 1.37 bits per heavy atom. The summed E-state index contributed by atoms with van der Waals surface area (Å²) in [4.78, 5) is 4.00. The summed E-state index contributed by atoms with van der Waals surface area (Å²) in [6.07, 6.45) is -0.202. The van der Waals surface area contributed by atoms with Crippen molar-refractivity contribution in [3.05, 3.63) is 24.3 Å². The van der Waals surface area contributed by atoms with Crippen molar-refractivity contribution in [2.24, 2.45) is 0 Å². The van der Waals surface area contributed by atoms with Gasteiger partial charge in [0.25, 0.3) is 0 Å². The van der Waals surface area contributed by atoms with Gasteiger partial charge in [-0.25, -0.2) is 0 Å². The van der Waals surface area contributed by atoms with Crippen molar-refractivity contribution in [2.45, 2.75) is 12.5 Å². The molecule has 1 aromatic rings. The zero-order valence-corrected chi connectivity index (χ0v) is 12.0. The molecule has 0 spiro atoms. The summed E-state index contributed by atoms with van der Waals surface area (Å²) in [6.45, 7) is 1.01. The van der Waals surface area contributed by atoms with E-state index in [1.807, 2.05) is 62.3 Å². The summed E-state index contributed by atoms with van der Waals surface area (Å²) in [6, 6.07) is 7.70. The number of ether oxygens (including phenoxy) is 3. The van der Waals surface area contributed by atoms with E-state index in [9.17, 15) is 0 Å². The van der Waals surface area contributed by atoms with E-state index in [4.69, 9.17) is 14.2 Å². The Morgan fingerprint density at radius 3 is 1.79 bits per heavy atom. The lowest BCUT2D eigenvalue weighted by Gasteiger charge is -2.30. The summed E-state index contributed by atoms with van der Waals surface area (Å²) in [7, 11) is 7.90. The third-order valence-corrected chi connectivity index (χ3v) is 3.02. The summed E-state index contributed by atoms with van der Waals surface area (Å²) >= 11 is 0.